The fourth-order valence-corrected chi connectivity index (χ4v) is 4.28. The number of aryl methyl sites for hydroxylation is 1. The smallest absolute Gasteiger partial charge is 0.410 e. The predicted octanol–water partition coefficient (Wildman–Crippen LogP) is 2.90. The monoisotopic (exact) mass is 508 g/mol. The van der Waals surface area contributed by atoms with E-state index in [4.69, 9.17) is 14.2 Å². The van der Waals surface area contributed by atoms with Crippen LogP contribution in [-0.2, 0) is 22.4 Å². The Balaban J connectivity index is 1.56. The fourth-order valence-electron chi connectivity index (χ4n) is 4.28. The number of methoxy groups -OCH3 is 1. The molecule has 2 aliphatic heterocycles. The van der Waals surface area contributed by atoms with Crippen LogP contribution in [0.5, 0.6) is 5.75 Å². The van der Waals surface area contributed by atoms with Crippen LogP contribution in [0, 0.1) is 11.3 Å². The molecule has 0 spiro atoms. The van der Waals surface area contributed by atoms with Gasteiger partial charge in [0, 0.05) is 25.3 Å². The summed E-state index contributed by atoms with van der Waals surface area (Å²) in [4.78, 5) is 48.8. The van der Waals surface area contributed by atoms with Gasteiger partial charge in [-0.05, 0) is 38.3 Å². The van der Waals surface area contributed by atoms with Crippen LogP contribution < -0.4 is 15.0 Å². The predicted molar refractivity (Wildman–Crippen MR) is 132 cm³/mol. The number of ether oxygens (including phenoxy) is 3. The topological polar surface area (TPSA) is 147 Å². The molecule has 0 radical (unpaired) electrons. The summed E-state index contributed by atoms with van der Waals surface area (Å²) >= 11 is 0. The third-order valence-electron chi connectivity index (χ3n) is 6.14. The van der Waals surface area contributed by atoms with E-state index in [1.807, 2.05) is 19.1 Å². The number of nitriles is 1. The average Bonchev–Trinajstić information content (AvgIpc) is 3.20. The lowest BCUT2D eigenvalue weighted by Crippen LogP contribution is -2.40. The van der Waals surface area contributed by atoms with Gasteiger partial charge in [0.1, 0.15) is 47.4 Å². The summed E-state index contributed by atoms with van der Waals surface area (Å²) in [5.74, 6) is 0.854. The molecule has 0 aromatic carbocycles. The van der Waals surface area contributed by atoms with Gasteiger partial charge in [-0.15, -0.1) is 0 Å². The summed E-state index contributed by atoms with van der Waals surface area (Å²) in [6.45, 7) is 4.87. The van der Waals surface area contributed by atoms with E-state index in [0.717, 1.165) is 5.56 Å². The van der Waals surface area contributed by atoms with Crippen molar-refractivity contribution < 1.29 is 28.6 Å². The number of pyridine rings is 2. The minimum Gasteiger partial charge on any atom is -0.487 e. The average molecular weight is 509 g/mol. The highest BCUT2D eigenvalue weighted by Gasteiger charge is 2.32. The fraction of sp³-hybridized carbons (Fsp3) is 0.440. The first kappa shape index (κ1) is 25.8. The number of aromatic nitrogens is 2. The van der Waals surface area contributed by atoms with Gasteiger partial charge < -0.3 is 14.2 Å². The van der Waals surface area contributed by atoms with Crippen molar-refractivity contribution in [2.24, 2.45) is 0 Å². The lowest BCUT2D eigenvalue weighted by Gasteiger charge is -2.29. The van der Waals surface area contributed by atoms with Gasteiger partial charge in [0.2, 0.25) is 0 Å². The number of carbonyl (C=O) groups is 3. The summed E-state index contributed by atoms with van der Waals surface area (Å²) in [7, 11) is 1.55. The number of fused-ring (bicyclic) bond motifs is 1. The van der Waals surface area contributed by atoms with E-state index in [-0.39, 0.29) is 41.5 Å². The Morgan fingerprint density at radius 2 is 2.24 bits per heavy atom. The highest BCUT2D eigenvalue weighted by molar-refractivity contribution is 6.01. The molecule has 4 rings (SSSR count). The number of carbonyl (C=O) groups excluding carboxylic acids is 3. The van der Waals surface area contributed by atoms with Crippen molar-refractivity contribution in [2.75, 3.05) is 37.1 Å². The lowest BCUT2D eigenvalue weighted by atomic mass is 10.0. The molecule has 1 fully saturated rings. The van der Waals surface area contributed by atoms with Crippen molar-refractivity contribution in [2.45, 2.75) is 45.4 Å². The summed E-state index contributed by atoms with van der Waals surface area (Å²) < 4.78 is 15.9. The molecule has 2 atom stereocenters. The quantitative estimate of drug-likeness (QED) is 0.532. The minimum absolute atomic E-state index is 0.114. The number of cyclic esters (lactones) is 1. The highest BCUT2D eigenvalue weighted by Crippen LogP contribution is 2.30. The van der Waals surface area contributed by atoms with E-state index in [2.05, 4.69) is 15.3 Å². The SMILES string of the molecule is COCC(C)Oc1cc(NC(=O)N2CCCc3cc(CN4C(=O)OCC4C)c(C=O)nc32)ncc1C#N. The zero-order valence-electron chi connectivity index (χ0n) is 20.9. The van der Waals surface area contributed by atoms with Gasteiger partial charge in [-0.3, -0.25) is 19.9 Å². The number of amides is 3. The van der Waals surface area contributed by atoms with Gasteiger partial charge in [0.15, 0.2) is 6.29 Å². The molecule has 2 aliphatic rings. The first-order chi connectivity index (χ1) is 17.8. The second kappa shape index (κ2) is 11.2. The molecule has 1 saturated heterocycles. The molecule has 12 nitrogen and oxygen atoms in total. The second-order valence-electron chi connectivity index (χ2n) is 8.93. The normalized spacial score (nSPS) is 17.5. The van der Waals surface area contributed by atoms with Crippen LogP contribution in [0.3, 0.4) is 0 Å². The molecule has 1 N–H and O–H groups in total. The Hall–Kier alpha value is -4.24. The number of nitrogens with zero attached hydrogens (tertiary/aromatic N) is 5. The molecule has 12 heteroatoms. The van der Waals surface area contributed by atoms with E-state index < -0.39 is 12.1 Å². The number of aldehydes is 1. The van der Waals surface area contributed by atoms with Crippen molar-refractivity contribution in [1.82, 2.24) is 14.9 Å². The van der Waals surface area contributed by atoms with Crippen molar-refractivity contribution >= 4 is 30.0 Å². The number of nitrogens with one attached hydrogen (secondary N) is 1. The standard InChI is InChI=1S/C25H28N6O6/c1-15-13-36-25(34)31(15)11-18-7-17-5-4-6-30(23(17)28-20(18)12-32)24(33)29-22-8-21(19(9-26)10-27-22)37-16(2)14-35-3/h7-8,10,12,15-16H,4-6,11,13-14H2,1-3H3,(H,27,29,33). The highest BCUT2D eigenvalue weighted by atomic mass is 16.6. The molecule has 0 aliphatic carbocycles. The summed E-state index contributed by atoms with van der Waals surface area (Å²) in [6, 6.07) is 4.73. The third kappa shape index (κ3) is 5.62. The summed E-state index contributed by atoms with van der Waals surface area (Å²) in [5, 5.41) is 12.1. The van der Waals surface area contributed by atoms with Gasteiger partial charge in [0.25, 0.3) is 0 Å². The van der Waals surface area contributed by atoms with Crippen LogP contribution in [0.25, 0.3) is 0 Å². The van der Waals surface area contributed by atoms with Crippen LogP contribution >= 0.6 is 0 Å². The number of hydrogen-bond donors (Lipinski definition) is 1. The van der Waals surface area contributed by atoms with Gasteiger partial charge in [-0.25, -0.2) is 19.6 Å². The first-order valence-corrected chi connectivity index (χ1v) is 11.9. The Labute approximate surface area is 214 Å². The van der Waals surface area contributed by atoms with E-state index in [0.29, 0.717) is 50.3 Å². The third-order valence-corrected chi connectivity index (χ3v) is 6.14. The van der Waals surface area contributed by atoms with Gasteiger partial charge in [0.05, 0.1) is 25.4 Å². The van der Waals surface area contributed by atoms with Gasteiger partial charge >= 0.3 is 12.1 Å². The maximum absolute atomic E-state index is 13.2. The Morgan fingerprint density at radius 3 is 2.92 bits per heavy atom. The van der Waals surface area contributed by atoms with E-state index in [9.17, 15) is 19.6 Å². The molecule has 2 unspecified atom stereocenters. The molecule has 3 amide bonds. The zero-order valence-corrected chi connectivity index (χ0v) is 20.9. The van der Waals surface area contributed by atoms with Crippen LogP contribution in [0.4, 0.5) is 21.2 Å². The van der Waals surface area contributed by atoms with Crippen molar-refractivity contribution in [3.8, 4) is 11.8 Å². The molecule has 4 heterocycles. The molecule has 194 valence electrons. The van der Waals surface area contributed by atoms with Crippen molar-refractivity contribution in [1.29, 1.82) is 5.26 Å². The number of anilines is 2. The van der Waals surface area contributed by atoms with E-state index >= 15 is 0 Å². The Morgan fingerprint density at radius 1 is 1.43 bits per heavy atom. The summed E-state index contributed by atoms with van der Waals surface area (Å²) in [6.07, 6.45) is 2.56. The maximum atomic E-state index is 13.2. The molecule has 0 saturated carbocycles. The maximum Gasteiger partial charge on any atom is 0.410 e. The molecule has 2 aromatic heterocycles. The molecule has 37 heavy (non-hydrogen) atoms. The number of urea groups is 1. The number of rotatable bonds is 8. The van der Waals surface area contributed by atoms with Gasteiger partial charge in [-0.1, -0.05) is 0 Å². The Bertz CT molecular complexity index is 1240. The minimum atomic E-state index is -0.483. The van der Waals surface area contributed by atoms with Crippen molar-refractivity contribution in [3.63, 3.8) is 0 Å². The van der Waals surface area contributed by atoms with E-state index in [1.54, 1.807) is 18.9 Å². The zero-order chi connectivity index (χ0) is 26.5. The first-order valence-electron chi connectivity index (χ1n) is 11.9. The lowest BCUT2D eigenvalue weighted by molar-refractivity contribution is 0.0919. The molecular formula is C25H28N6O6. The number of hydrogen-bond acceptors (Lipinski definition) is 9. The van der Waals surface area contributed by atoms with Crippen molar-refractivity contribution in [3.05, 3.63) is 40.7 Å². The van der Waals surface area contributed by atoms with E-state index in [1.165, 1.54) is 17.2 Å². The van der Waals surface area contributed by atoms with Crippen LogP contribution in [0.2, 0.25) is 0 Å². The molecule has 0 bridgehead atoms. The van der Waals surface area contributed by atoms with Crippen LogP contribution in [-0.4, -0.2) is 72.3 Å². The van der Waals surface area contributed by atoms with Gasteiger partial charge in [-0.2, -0.15) is 5.26 Å². The second-order valence-corrected chi connectivity index (χ2v) is 8.93. The molecule has 2 aromatic rings. The largest absolute Gasteiger partial charge is 0.487 e. The summed E-state index contributed by atoms with van der Waals surface area (Å²) in [5.41, 5.74) is 1.78. The van der Waals surface area contributed by atoms with Crippen LogP contribution in [0.15, 0.2) is 18.3 Å². The Kier molecular flexibility index (Phi) is 7.83. The molecular weight excluding hydrogens is 480 g/mol. The van der Waals surface area contributed by atoms with Crippen LogP contribution in [0.1, 0.15) is 47.4 Å².